The first kappa shape index (κ1) is 20.1. The van der Waals surface area contributed by atoms with Crippen LogP contribution in [-0.4, -0.2) is 35.0 Å². The quantitative estimate of drug-likeness (QED) is 0.495. The zero-order valence-electron chi connectivity index (χ0n) is 16.5. The van der Waals surface area contributed by atoms with Crippen LogP contribution in [0, 0.1) is 0 Å². The van der Waals surface area contributed by atoms with E-state index < -0.39 is 0 Å². The fourth-order valence-electron chi connectivity index (χ4n) is 4.08. The summed E-state index contributed by atoms with van der Waals surface area (Å²) in [7, 11) is 0. The second-order valence-electron chi connectivity index (χ2n) is 7.68. The summed E-state index contributed by atoms with van der Waals surface area (Å²) in [6.07, 6.45) is 0.401. The third kappa shape index (κ3) is 3.84. The van der Waals surface area contributed by atoms with E-state index in [9.17, 15) is 4.79 Å². The average molecular weight is 431 g/mol. The van der Waals surface area contributed by atoms with Crippen LogP contribution in [0.15, 0.2) is 42.5 Å². The number of carbonyl (C=O) groups excluding carboxylic acids is 1. The van der Waals surface area contributed by atoms with Crippen molar-refractivity contribution in [3.8, 4) is 0 Å². The van der Waals surface area contributed by atoms with Crippen molar-refractivity contribution in [3.63, 3.8) is 0 Å². The van der Waals surface area contributed by atoms with Gasteiger partial charge in [0.1, 0.15) is 12.6 Å². The summed E-state index contributed by atoms with van der Waals surface area (Å²) in [4.78, 5) is 18.1. The lowest BCUT2D eigenvalue weighted by atomic mass is 9.91. The minimum absolute atomic E-state index is 0.199. The van der Waals surface area contributed by atoms with Gasteiger partial charge in [-0.3, -0.25) is 4.90 Å². The van der Waals surface area contributed by atoms with Crippen LogP contribution in [0.2, 0.25) is 5.02 Å². The molecule has 0 aliphatic carbocycles. The number of benzene rings is 2. The number of halogens is 2. The molecule has 2 aromatic carbocycles. The van der Waals surface area contributed by atoms with Crippen LogP contribution in [-0.2, 0) is 11.2 Å². The van der Waals surface area contributed by atoms with Crippen molar-refractivity contribution >= 4 is 40.2 Å². The normalized spacial score (nSPS) is 16.3. The Kier molecular flexibility index (Phi) is 5.75. The second kappa shape index (κ2) is 8.29. The third-order valence-electron chi connectivity index (χ3n) is 5.55. The molecule has 0 saturated heterocycles. The summed E-state index contributed by atoms with van der Waals surface area (Å²) in [5, 5.41) is 1.83. The lowest BCUT2D eigenvalue weighted by molar-refractivity contribution is 0.0937. The smallest absolute Gasteiger partial charge is 0.410 e. The number of H-pyrrole nitrogens is 1. The summed E-state index contributed by atoms with van der Waals surface area (Å²) < 4.78 is 5.37. The number of hydrogen-bond acceptors (Lipinski definition) is 2. The van der Waals surface area contributed by atoms with E-state index >= 15 is 0 Å². The van der Waals surface area contributed by atoms with Crippen molar-refractivity contribution in [1.29, 1.82) is 0 Å². The minimum atomic E-state index is -0.342. The third-order valence-corrected chi connectivity index (χ3v) is 5.93. The second-order valence-corrected chi connectivity index (χ2v) is 8.49. The van der Waals surface area contributed by atoms with E-state index in [1.165, 1.54) is 11.1 Å². The van der Waals surface area contributed by atoms with Crippen LogP contribution < -0.4 is 0 Å². The molecule has 4 nitrogen and oxygen atoms in total. The molecule has 2 heterocycles. The minimum Gasteiger partial charge on any atom is -0.448 e. The van der Waals surface area contributed by atoms with Gasteiger partial charge in [-0.1, -0.05) is 49.7 Å². The van der Waals surface area contributed by atoms with E-state index in [4.69, 9.17) is 27.9 Å². The summed E-state index contributed by atoms with van der Waals surface area (Å²) >= 11 is 12.0. The molecule has 0 bridgehead atoms. The van der Waals surface area contributed by atoms with Crippen molar-refractivity contribution in [1.82, 2.24) is 9.88 Å². The Bertz CT molecular complexity index is 1030. The number of aromatic amines is 1. The highest BCUT2D eigenvalue weighted by Crippen LogP contribution is 2.39. The van der Waals surface area contributed by atoms with Gasteiger partial charge >= 0.3 is 6.09 Å². The molecule has 1 amide bonds. The van der Waals surface area contributed by atoms with E-state index in [-0.39, 0.29) is 24.6 Å². The summed E-state index contributed by atoms with van der Waals surface area (Å²) in [5.41, 5.74) is 5.58. The van der Waals surface area contributed by atoms with Crippen LogP contribution in [0.5, 0.6) is 0 Å². The molecule has 29 heavy (non-hydrogen) atoms. The summed E-state index contributed by atoms with van der Waals surface area (Å²) in [6.45, 7) is 5.12. The fraction of sp³-hybridized carbons (Fsp3) is 0.348. The maximum Gasteiger partial charge on any atom is 0.410 e. The first-order valence-corrected chi connectivity index (χ1v) is 10.8. The van der Waals surface area contributed by atoms with Gasteiger partial charge in [-0.15, -0.1) is 11.6 Å². The molecule has 6 heteroatoms. The molecule has 0 spiro atoms. The largest absolute Gasteiger partial charge is 0.448 e. The molecule has 1 aliphatic rings. The number of nitrogens with zero attached hydrogens (tertiary/aromatic N) is 1. The summed E-state index contributed by atoms with van der Waals surface area (Å²) in [6, 6.07) is 14.1. The van der Waals surface area contributed by atoms with Crippen molar-refractivity contribution in [2.75, 3.05) is 19.0 Å². The van der Waals surface area contributed by atoms with Crippen molar-refractivity contribution in [2.45, 2.75) is 32.2 Å². The maximum absolute atomic E-state index is 12.8. The molecule has 1 aromatic heterocycles. The van der Waals surface area contributed by atoms with Crippen LogP contribution >= 0.6 is 23.2 Å². The van der Waals surface area contributed by atoms with E-state index in [1.54, 1.807) is 4.90 Å². The predicted octanol–water partition coefficient (Wildman–Crippen LogP) is 6.27. The summed E-state index contributed by atoms with van der Waals surface area (Å²) in [5.74, 6) is 0.731. The molecular weight excluding hydrogens is 407 g/mol. The van der Waals surface area contributed by atoms with Crippen LogP contribution in [0.1, 0.15) is 48.2 Å². The number of hydrogen-bond donors (Lipinski definition) is 1. The highest BCUT2D eigenvalue weighted by molar-refractivity contribution is 6.31. The van der Waals surface area contributed by atoms with Crippen LogP contribution in [0.4, 0.5) is 4.79 Å². The molecule has 0 fully saturated rings. The number of rotatable bonds is 4. The molecule has 1 aliphatic heterocycles. The number of ether oxygens (including phenoxy) is 1. The van der Waals surface area contributed by atoms with Gasteiger partial charge < -0.3 is 9.72 Å². The molecule has 1 unspecified atom stereocenters. The lowest BCUT2D eigenvalue weighted by Gasteiger charge is -2.35. The Morgan fingerprint density at radius 2 is 2.00 bits per heavy atom. The first-order chi connectivity index (χ1) is 14.0. The SMILES string of the molecule is CC(C)c1ccc(C2c3[nH]c4ccc(Cl)cc4c3CCN2C(=O)OCCCl)cc1. The van der Waals surface area contributed by atoms with Gasteiger partial charge in [-0.25, -0.2) is 4.79 Å². The molecular formula is C23H24Cl2N2O2. The fourth-order valence-corrected chi connectivity index (χ4v) is 4.33. The molecule has 3 aromatic rings. The Morgan fingerprint density at radius 1 is 1.24 bits per heavy atom. The number of carbonyl (C=O) groups is 1. The van der Waals surface area contributed by atoms with E-state index in [0.717, 1.165) is 28.6 Å². The van der Waals surface area contributed by atoms with Gasteiger partial charge in [-0.2, -0.15) is 0 Å². The van der Waals surface area contributed by atoms with E-state index in [2.05, 4.69) is 43.1 Å². The van der Waals surface area contributed by atoms with Gasteiger partial charge in [0.25, 0.3) is 0 Å². The Morgan fingerprint density at radius 3 is 2.69 bits per heavy atom. The standard InChI is InChI=1S/C23H24Cl2N2O2/c1-14(2)15-3-5-16(6-4-15)22-21-18(9-11-27(22)23(28)29-12-10-24)19-13-17(25)7-8-20(19)26-21/h3-8,13-14,22,26H,9-12H2,1-2H3. The van der Waals surface area contributed by atoms with Gasteiger partial charge in [-0.05, 0) is 47.2 Å². The first-order valence-electron chi connectivity index (χ1n) is 9.88. The van der Waals surface area contributed by atoms with Crippen molar-refractivity contribution < 1.29 is 9.53 Å². The van der Waals surface area contributed by atoms with Gasteiger partial charge in [0.2, 0.25) is 0 Å². The Labute approximate surface area is 180 Å². The number of fused-ring (bicyclic) bond motifs is 3. The van der Waals surface area contributed by atoms with Crippen LogP contribution in [0.3, 0.4) is 0 Å². The predicted molar refractivity (Wildman–Crippen MR) is 118 cm³/mol. The molecule has 4 rings (SSSR count). The topological polar surface area (TPSA) is 45.3 Å². The number of amides is 1. The number of aromatic nitrogens is 1. The van der Waals surface area contributed by atoms with Gasteiger partial charge in [0.15, 0.2) is 0 Å². The lowest BCUT2D eigenvalue weighted by Crippen LogP contribution is -2.41. The van der Waals surface area contributed by atoms with Gasteiger partial charge in [0.05, 0.1) is 5.88 Å². The van der Waals surface area contributed by atoms with E-state index in [0.29, 0.717) is 17.5 Å². The molecule has 0 saturated carbocycles. The highest BCUT2D eigenvalue weighted by atomic mass is 35.5. The molecule has 152 valence electrons. The van der Waals surface area contributed by atoms with Crippen molar-refractivity contribution in [3.05, 3.63) is 69.9 Å². The number of nitrogens with one attached hydrogen (secondary N) is 1. The number of alkyl halides is 1. The van der Waals surface area contributed by atoms with E-state index in [1.807, 2.05) is 18.2 Å². The Balaban J connectivity index is 1.81. The Hall–Kier alpha value is -2.17. The monoisotopic (exact) mass is 430 g/mol. The molecule has 1 N–H and O–H groups in total. The molecule has 1 atom stereocenters. The maximum atomic E-state index is 12.8. The average Bonchev–Trinajstić information content (AvgIpc) is 3.09. The van der Waals surface area contributed by atoms with Crippen LogP contribution in [0.25, 0.3) is 10.9 Å². The zero-order valence-corrected chi connectivity index (χ0v) is 18.1. The molecule has 0 radical (unpaired) electrons. The van der Waals surface area contributed by atoms with Gasteiger partial charge in [0, 0.05) is 28.2 Å². The van der Waals surface area contributed by atoms with Crippen molar-refractivity contribution in [2.24, 2.45) is 0 Å². The highest BCUT2D eigenvalue weighted by Gasteiger charge is 2.35. The zero-order chi connectivity index (χ0) is 20.5.